The van der Waals surface area contributed by atoms with Crippen LogP contribution in [-0.2, 0) is 16.6 Å². The number of hydrogen-bond acceptors (Lipinski definition) is 4. The normalized spacial score (nSPS) is 19.4. The van der Waals surface area contributed by atoms with Crippen molar-refractivity contribution >= 4 is 10.0 Å². The van der Waals surface area contributed by atoms with E-state index in [1.165, 1.54) is 4.31 Å². The second kappa shape index (κ2) is 4.88. The summed E-state index contributed by atoms with van der Waals surface area (Å²) >= 11 is 0. The van der Waals surface area contributed by atoms with E-state index >= 15 is 0 Å². The lowest BCUT2D eigenvalue weighted by Gasteiger charge is -2.45. The number of rotatable bonds is 5. The van der Waals surface area contributed by atoms with Crippen LogP contribution in [0, 0.1) is 6.92 Å². The molecule has 19 heavy (non-hydrogen) atoms. The highest BCUT2D eigenvalue weighted by atomic mass is 32.2. The van der Waals surface area contributed by atoms with E-state index < -0.39 is 10.0 Å². The van der Waals surface area contributed by atoms with Crippen LogP contribution in [0.15, 0.2) is 11.2 Å². The third kappa shape index (κ3) is 2.54. The van der Waals surface area contributed by atoms with Gasteiger partial charge in [0.05, 0.1) is 0 Å². The molecule has 1 aromatic heterocycles. The molecule has 2 rings (SSSR count). The molecule has 1 saturated heterocycles. The number of hydrogen-bond donors (Lipinski definition) is 1. The molecule has 0 atom stereocenters. The number of nitrogens with two attached hydrogens (primary N) is 1. The first kappa shape index (κ1) is 14.5. The fourth-order valence-corrected chi connectivity index (χ4v) is 3.88. The molecule has 7 heteroatoms. The van der Waals surface area contributed by atoms with Crippen LogP contribution in [0.4, 0.5) is 0 Å². The van der Waals surface area contributed by atoms with Crippen molar-refractivity contribution in [2.75, 3.05) is 13.1 Å². The first-order valence-electron chi connectivity index (χ1n) is 6.65. The topological polar surface area (TPSA) is 81.2 Å². The molecule has 6 nitrogen and oxygen atoms in total. The Morgan fingerprint density at radius 2 is 2.05 bits per heavy atom. The zero-order valence-electron chi connectivity index (χ0n) is 11.8. The average molecular weight is 286 g/mol. The maximum absolute atomic E-state index is 12.4. The zero-order valence-corrected chi connectivity index (χ0v) is 12.6. The van der Waals surface area contributed by atoms with E-state index in [1.54, 1.807) is 6.20 Å². The lowest BCUT2D eigenvalue weighted by Crippen LogP contribution is -2.68. The molecule has 108 valence electrons. The molecular weight excluding hydrogens is 264 g/mol. The van der Waals surface area contributed by atoms with Crippen LogP contribution in [0.1, 0.15) is 32.5 Å². The highest BCUT2D eigenvalue weighted by molar-refractivity contribution is 7.89. The van der Waals surface area contributed by atoms with Crippen molar-refractivity contribution in [1.82, 2.24) is 13.9 Å². The molecule has 1 aromatic rings. The summed E-state index contributed by atoms with van der Waals surface area (Å²) in [6.45, 7) is 7.39. The number of sulfonamides is 1. The lowest BCUT2D eigenvalue weighted by atomic mass is 9.91. The summed E-state index contributed by atoms with van der Waals surface area (Å²) in [7, 11) is -3.48. The van der Waals surface area contributed by atoms with Crippen molar-refractivity contribution in [3.63, 3.8) is 0 Å². The Kier molecular flexibility index (Phi) is 3.72. The second-order valence-electron chi connectivity index (χ2n) is 5.31. The Morgan fingerprint density at radius 3 is 2.58 bits per heavy atom. The summed E-state index contributed by atoms with van der Waals surface area (Å²) in [5.74, 6) is 0.732. The van der Waals surface area contributed by atoms with E-state index in [2.05, 4.69) is 4.98 Å². The quantitative estimate of drug-likeness (QED) is 0.864. The molecule has 0 aliphatic carbocycles. The number of imidazole rings is 1. The lowest BCUT2D eigenvalue weighted by molar-refractivity contribution is 0.153. The van der Waals surface area contributed by atoms with Crippen molar-refractivity contribution in [1.29, 1.82) is 0 Å². The van der Waals surface area contributed by atoms with Gasteiger partial charge >= 0.3 is 0 Å². The van der Waals surface area contributed by atoms with E-state index in [1.807, 2.05) is 25.3 Å². The Morgan fingerprint density at radius 1 is 1.42 bits per heavy atom. The first-order valence-corrected chi connectivity index (χ1v) is 8.09. The van der Waals surface area contributed by atoms with Gasteiger partial charge in [-0.1, -0.05) is 13.8 Å². The van der Waals surface area contributed by atoms with Gasteiger partial charge in [0.15, 0.2) is 5.03 Å². The minimum absolute atomic E-state index is 0.136. The first-order chi connectivity index (χ1) is 8.82. The van der Waals surface area contributed by atoms with E-state index in [9.17, 15) is 8.42 Å². The molecule has 0 spiro atoms. The fourth-order valence-electron chi connectivity index (χ4n) is 2.25. The van der Waals surface area contributed by atoms with Crippen LogP contribution in [0.2, 0.25) is 0 Å². The van der Waals surface area contributed by atoms with E-state index in [-0.39, 0.29) is 10.6 Å². The van der Waals surface area contributed by atoms with Crippen molar-refractivity contribution in [2.24, 2.45) is 5.73 Å². The maximum Gasteiger partial charge on any atom is 0.262 e. The van der Waals surface area contributed by atoms with Gasteiger partial charge in [-0.15, -0.1) is 0 Å². The largest absolute Gasteiger partial charge is 0.334 e. The van der Waals surface area contributed by atoms with Crippen LogP contribution < -0.4 is 5.73 Å². The standard InChI is InChI=1S/C12H22N4O2S/c1-4-6-15-7-11(14-10(15)3)19(17,18)16-8-12(13,5-2)9-16/h7H,4-6,8-9,13H2,1-3H3. The second-order valence-corrected chi connectivity index (χ2v) is 7.19. The third-order valence-corrected chi connectivity index (χ3v) is 5.37. The molecule has 1 fully saturated rings. The van der Waals surface area contributed by atoms with E-state index in [0.29, 0.717) is 13.1 Å². The summed E-state index contributed by atoms with van der Waals surface area (Å²) in [6, 6.07) is 0. The number of nitrogens with zero attached hydrogens (tertiary/aromatic N) is 3. The summed E-state index contributed by atoms with van der Waals surface area (Å²) in [4.78, 5) is 4.17. The van der Waals surface area contributed by atoms with Gasteiger partial charge in [0, 0.05) is 31.4 Å². The van der Waals surface area contributed by atoms with Crippen molar-refractivity contribution in [2.45, 2.75) is 50.7 Å². The molecule has 0 amide bonds. The number of aromatic nitrogens is 2. The summed E-state index contributed by atoms with van der Waals surface area (Å²) < 4.78 is 28.1. The van der Waals surface area contributed by atoms with E-state index in [4.69, 9.17) is 5.73 Å². The highest BCUT2D eigenvalue weighted by Crippen LogP contribution is 2.28. The zero-order chi connectivity index (χ0) is 14.3. The van der Waals surface area contributed by atoms with Gasteiger partial charge in [-0.25, -0.2) is 13.4 Å². The van der Waals surface area contributed by atoms with Crippen molar-refractivity contribution < 1.29 is 8.42 Å². The molecular formula is C12H22N4O2S. The fraction of sp³-hybridized carbons (Fsp3) is 0.750. The molecule has 2 N–H and O–H groups in total. The molecule has 0 radical (unpaired) electrons. The third-order valence-electron chi connectivity index (χ3n) is 3.71. The van der Waals surface area contributed by atoms with Crippen LogP contribution in [0.3, 0.4) is 0 Å². The maximum atomic E-state index is 12.4. The van der Waals surface area contributed by atoms with Gasteiger partial charge in [-0.3, -0.25) is 0 Å². The smallest absolute Gasteiger partial charge is 0.262 e. The molecule has 0 saturated carbocycles. The van der Waals surface area contributed by atoms with Crippen LogP contribution in [0.5, 0.6) is 0 Å². The van der Waals surface area contributed by atoms with Crippen LogP contribution in [0.25, 0.3) is 0 Å². The van der Waals surface area contributed by atoms with Crippen LogP contribution >= 0.6 is 0 Å². The minimum Gasteiger partial charge on any atom is -0.334 e. The predicted octanol–water partition coefficient (Wildman–Crippen LogP) is 0.713. The van der Waals surface area contributed by atoms with E-state index in [0.717, 1.165) is 25.2 Å². The molecule has 0 bridgehead atoms. The highest BCUT2D eigenvalue weighted by Gasteiger charge is 2.45. The van der Waals surface area contributed by atoms with Gasteiger partial charge in [-0.05, 0) is 19.8 Å². The predicted molar refractivity (Wildman–Crippen MR) is 73.2 cm³/mol. The van der Waals surface area contributed by atoms with Gasteiger partial charge in [0.25, 0.3) is 10.0 Å². The van der Waals surface area contributed by atoms with Crippen LogP contribution in [-0.4, -0.2) is 40.9 Å². The molecule has 0 aromatic carbocycles. The van der Waals surface area contributed by atoms with Crippen molar-refractivity contribution in [3.8, 4) is 0 Å². The van der Waals surface area contributed by atoms with Gasteiger partial charge in [-0.2, -0.15) is 4.31 Å². The molecule has 0 unspecified atom stereocenters. The Labute approximate surface area is 114 Å². The number of aryl methyl sites for hydroxylation is 2. The molecule has 1 aliphatic rings. The average Bonchev–Trinajstić information content (AvgIpc) is 2.68. The van der Waals surface area contributed by atoms with Gasteiger partial charge < -0.3 is 10.3 Å². The monoisotopic (exact) mass is 286 g/mol. The summed E-state index contributed by atoms with van der Waals surface area (Å²) in [5, 5.41) is 0.136. The SMILES string of the molecule is CCCn1cc(S(=O)(=O)N2CC(N)(CC)C2)nc1C. The summed E-state index contributed by atoms with van der Waals surface area (Å²) in [6.07, 6.45) is 3.35. The Bertz CT molecular complexity index is 558. The minimum atomic E-state index is -3.48. The molecule has 2 heterocycles. The molecule has 1 aliphatic heterocycles. The summed E-state index contributed by atoms with van der Waals surface area (Å²) in [5.41, 5.74) is 5.65. The van der Waals surface area contributed by atoms with Gasteiger partial charge in [0.1, 0.15) is 5.82 Å². The van der Waals surface area contributed by atoms with Crippen molar-refractivity contribution in [3.05, 3.63) is 12.0 Å². The Hall–Kier alpha value is -0.920. The Balaban J connectivity index is 2.19. The van der Waals surface area contributed by atoms with Gasteiger partial charge in [0.2, 0.25) is 0 Å².